The van der Waals surface area contributed by atoms with Crippen LogP contribution >= 0.6 is 0 Å². The molecule has 0 saturated carbocycles. The van der Waals surface area contributed by atoms with E-state index in [4.69, 9.17) is 5.11 Å². The number of aliphatic carboxylic acids is 1. The first-order valence-electron chi connectivity index (χ1n) is 6.74. The van der Waals surface area contributed by atoms with Gasteiger partial charge in [-0.05, 0) is 25.0 Å². The third-order valence-electron chi connectivity index (χ3n) is 3.69. The second kappa shape index (κ2) is 5.97. The van der Waals surface area contributed by atoms with E-state index >= 15 is 0 Å². The fourth-order valence-corrected chi connectivity index (χ4v) is 4.26. The van der Waals surface area contributed by atoms with Crippen molar-refractivity contribution in [2.45, 2.75) is 31.7 Å². The highest BCUT2D eigenvalue weighted by atomic mass is 32.2. The van der Waals surface area contributed by atoms with Gasteiger partial charge < -0.3 is 9.67 Å². The lowest BCUT2D eigenvalue weighted by molar-refractivity contribution is -0.134. The molecule has 1 atom stereocenters. The largest absolute Gasteiger partial charge is 0.480 e. The Morgan fingerprint density at radius 3 is 2.75 bits per heavy atom. The molecule has 7 heteroatoms. The summed E-state index contributed by atoms with van der Waals surface area (Å²) in [5.41, 5.74) is 0.917. The van der Waals surface area contributed by atoms with Crippen molar-refractivity contribution in [2.75, 3.05) is 12.3 Å². The third-order valence-corrected chi connectivity index (χ3v) is 5.46. The molecule has 1 aromatic heterocycles. The van der Waals surface area contributed by atoms with Gasteiger partial charge in [0.25, 0.3) is 0 Å². The summed E-state index contributed by atoms with van der Waals surface area (Å²) in [5, 5.41) is 8.81. The van der Waals surface area contributed by atoms with Gasteiger partial charge in [-0.3, -0.25) is 4.79 Å². The zero-order valence-electron chi connectivity index (χ0n) is 11.5. The van der Waals surface area contributed by atoms with Crippen molar-refractivity contribution < 1.29 is 18.3 Å². The molecule has 0 aliphatic carbocycles. The van der Waals surface area contributed by atoms with Crippen LogP contribution in [0.15, 0.2) is 18.3 Å². The van der Waals surface area contributed by atoms with Crippen LogP contribution in [0.1, 0.15) is 37.4 Å². The van der Waals surface area contributed by atoms with E-state index in [1.807, 2.05) is 29.9 Å². The van der Waals surface area contributed by atoms with Gasteiger partial charge in [0.15, 0.2) is 5.75 Å². The molecule has 1 N–H and O–H groups in total. The van der Waals surface area contributed by atoms with Crippen LogP contribution in [-0.4, -0.2) is 40.7 Å². The van der Waals surface area contributed by atoms with E-state index in [1.54, 1.807) is 0 Å². The Hall–Kier alpha value is -1.34. The number of aryl methyl sites for hydroxylation is 1. The number of rotatable bonds is 4. The fourth-order valence-electron chi connectivity index (χ4n) is 2.77. The van der Waals surface area contributed by atoms with Crippen molar-refractivity contribution in [1.82, 2.24) is 8.87 Å². The maximum absolute atomic E-state index is 12.3. The van der Waals surface area contributed by atoms with E-state index < -0.39 is 21.7 Å². The van der Waals surface area contributed by atoms with Crippen molar-refractivity contribution in [3.8, 4) is 0 Å². The molecule has 0 amide bonds. The number of aromatic nitrogens is 1. The Labute approximate surface area is 119 Å². The highest BCUT2D eigenvalue weighted by Crippen LogP contribution is 2.32. The number of hydrogen-bond donors (Lipinski definition) is 1. The molecule has 0 bridgehead atoms. The van der Waals surface area contributed by atoms with E-state index in [9.17, 15) is 13.2 Å². The normalized spacial score (nSPS) is 21.6. The molecule has 2 heterocycles. The molecule has 0 spiro atoms. The molecule has 0 radical (unpaired) electrons. The summed E-state index contributed by atoms with van der Waals surface area (Å²) < 4.78 is 27.9. The van der Waals surface area contributed by atoms with E-state index in [0.717, 1.165) is 31.4 Å². The molecule has 1 aromatic rings. The Morgan fingerprint density at radius 1 is 1.40 bits per heavy atom. The molecule has 1 fully saturated rings. The highest BCUT2D eigenvalue weighted by Gasteiger charge is 2.34. The Balaban J connectivity index is 2.35. The molecular formula is C13H20N2O4S. The zero-order chi connectivity index (χ0) is 14.8. The van der Waals surface area contributed by atoms with Crippen LogP contribution in [0.2, 0.25) is 0 Å². The lowest BCUT2D eigenvalue weighted by atomic mass is 10.1. The minimum atomic E-state index is -3.78. The second-order valence-electron chi connectivity index (χ2n) is 5.17. The standard InChI is InChI=1S/C13H20N2O4S/c1-14-8-5-7-11(14)12-6-3-2-4-9-15(12)20(18,19)10-13(16)17/h5,7-8,12H,2-4,6,9-10H2,1H3,(H,16,17). The van der Waals surface area contributed by atoms with Crippen LogP contribution < -0.4 is 0 Å². The second-order valence-corrected chi connectivity index (χ2v) is 7.09. The zero-order valence-corrected chi connectivity index (χ0v) is 12.3. The summed E-state index contributed by atoms with van der Waals surface area (Å²) in [6, 6.07) is 3.52. The monoisotopic (exact) mass is 300 g/mol. The molecule has 112 valence electrons. The van der Waals surface area contributed by atoms with Crippen LogP contribution in [-0.2, 0) is 21.9 Å². The Kier molecular flexibility index (Phi) is 4.49. The first-order valence-corrected chi connectivity index (χ1v) is 8.35. The summed E-state index contributed by atoms with van der Waals surface area (Å²) in [7, 11) is -1.90. The lowest BCUT2D eigenvalue weighted by Gasteiger charge is -2.29. The van der Waals surface area contributed by atoms with Crippen molar-refractivity contribution in [2.24, 2.45) is 7.05 Å². The van der Waals surface area contributed by atoms with Gasteiger partial charge >= 0.3 is 5.97 Å². The van der Waals surface area contributed by atoms with Crippen LogP contribution in [0.25, 0.3) is 0 Å². The molecule has 20 heavy (non-hydrogen) atoms. The van der Waals surface area contributed by atoms with E-state index in [0.29, 0.717) is 6.54 Å². The van der Waals surface area contributed by atoms with Crippen LogP contribution in [0, 0.1) is 0 Å². The van der Waals surface area contributed by atoms with Crippen LogP contribution in [0.4, 0.5) is 0 Å². The Morgan fingerprint density at radius 2 is 2.15 bits per heavy atom. The maximum Gasteiger partial charge on any atom is 0.320 e. The number of carbonyl (C=O) groups is 1. The maximum atomic E-state index is 12.3. The topological polar surface area (TPSA) is 79.6 Å². The SMILES string of the molecule is Cn1cccc1C1CCCCCN1S(=O)(=O)CC(=O)O. The number of carboxylic acids is 1. The van der Waals surface area contributed by atoms with Crippen LogP contribution in [0.3, 0.4) is 0 Å². The van der Waals surface area contributed by atoms with Gasteiger partial charge in [0.2, 0.25) is 10.0 Å². The molecule has 6 nitrogen and oxygen atoms in total. The molecule has 1 unspecified atom stereocenters. The average Bonchev–Trinajstić information content (AvgIpc) is 2.62. The van der Waals surface area contributed by atoms with Gasteiger partial charge in [0, 0.05) is 25.5 Å². The van der Waals surface area contributed by atoms with Crippen LogP contribution in [0.5, 0.6) is 0 Å². The molecule has 1 saturated heterocycles. The smallest absolute Gasteiger partial charge is 0.320 e. The average molecular weight is 300 g/mol. The number of carboxylic acid groups (broad SMARTS) is 1. The van der Waals surface area contributed by atoms with E-state index in [-0.39, 0.29) is 6.04 Å². The van der Waals surface area contributed by atoms with Gasteiger partial charge in [-0.25, -0.2) is 8.42 Å². The minimum Gasteiger partial charge on any atom is -0.480 e. The third kappa shape index (κ3) is 3.21. The lowest BCUT2D eigenvalue weighted by Crippen LogP contribution is -2.38. The van der Waals surface area contributed by atoms with Gasteiger partial charge in [-0.2, -0.15) is 4.31 Å². The molecule has 1 aliphatic rings. The summed E-state index contributed by atoms with van der Waals surface area (Å²) in [6.07, 6.45) is 5.31. The summed E-state index contributed by atoms with van der Waals surface area (Å²) in [6.45, 7) is 0.394. The van der Waals surface area contributed by atoms with Crippen molar-refractivity contribution in [3.63, 3.8) is 0 Å². The van der Waals surface area contributed by atoms with Crippen molar-refractivity contribution >= 4 is 16.0 Å². The number of hydrogen-bond acceptors (Lipinski definition) is 3. The van der Waals surface area contributed by atoms with E-state index in [1.165, 1.54) is 4.31 Å². The van der Waals surface area contributed by atoms with Crippen molar-refractivity contribution in [3.05, 3.63) is 24.0 Å². The molecule has 1 aliphatic heterocycles. The first-order chi connectivity index (χ1) is 9.42. The highest BCUT2D eigenvalue weighted by molar-refractivity contribution is 7.89. The van der Waals surface area contributed by atoms with E-state index in [2.05, 4.69) is 0 Å². The predicted octanol–water partition coefficient (Wildman–Crippen LogP) is 1.36. The molecule has 0 aromatic carbocycles. The minimum absolute atomic E-state index is 0.262. The molecular weight excluding hydrogens is 280 g/mol. The van der Waals surface area contributed by atoms with Crippen molar-refractivity contribution in [1.29, 1.82) is 0 Å². The summed E-state index contributed by atoms with van der Waals surface area (Å²) >= 11 is 0. The number of sulfonamides is 1. The quantitative estimate of drug-likeness (QED) is 0.910. The summed E-state index contributed by atoms with van der Waals surface area (Å²) in [5.74, 6) is -2.15. The fraction of sp³-hybridized carbons (Fsp3) is 0.615. The number of nitrogens with zero attached hydrogens (tertiary/aromatic N) is 2. The summed E-state index contributed by atoms with van der Waals surface area (Å²) in [4.78, 5) is 10.8. The van der Waals surface area contributed by atoms with Gasteiger partial charge in [0.1, 0.15) is 0 Å². The predicted molar refractivity (Wildman–Crippen MR) is 74.8 cm³/mol. The van der Waals surface area contributed by atoms with Gasteiger partial charge in [-0.15, -0.1) is 0 Å². The Bertz CT molecular complexity index is 579. The van der Waals surface area contributed by atoms with Gasteiger partial charge in [0.05, 0.1) is 6.04 Å². The first kappa shape index (κ1) is 15.1. The molecule has 2 rings (SSSR count). The van der Waals surface area contributed by atoms with Gasteiger partial charge in [-0.1, -0.05) is 12.8 Å².